The van der Waals surface area contributed by atoms with Crippen molar-refractivity contribution in [1.82, 2.24) is 5.32 Å². The number of aryl methyl sites for hydroxylation is 2. The highest BCUT2D eigenvalue weighted by Gasteiger charge is 2.25. The predicted molar refractivity (Wildman–Crippen MR) is 132 cm³/mol. The minimum absolute atomic E-state index is 0.104. The molecule has 168 valence electrons. The Kier molecular flexibility index (Phi) is 6.51. The van der Waals surface area contributed by atoms with Crippen LogP contribution in [0.2, 0.25) is 0 Å². The van der Waals surface area contributed by atoms with Crippen LogP contribution < -0.4 is 5.32 Å². The first kappa shape index (κ1) is 21.8. The smallest absolute Gasteiger partial charge is 0.255 e. The molecule has 5 rings (SSSR count). The molecule has 3 aromatic heterocycles. The van der Waals surface area contributed by atoms with Gasteiger partial charge in [0.1, 0.15) is 16.5 Å². The van der Waals surface area contributed by atoms with Crippen LogP contribution in [0.4, 0.5) is 5.00 Å². The third-order valence-electron chi connectivity index (χ3n) is 5.53. The van der Waals surface area contributed by atoms with Gasteiger partial charge in [-0.3, -0.25) is 4.79 Å². The van der Waals surface area contributed by atoms with Crippen molar-refractivity contribution in [2.24, 2.45) is 4.99 Å². The molecule has 1 N–H and O–H groups in total. The van der Waals surface area contributed by atoms with Crippen LogP contribution >= 0.6 is 23.1 Å². The largest absolute Gasteiger partial charge is 0.467 e. The number of benzene rings is 1. The molecule has 1 aromatic carbocycles. The Hall–Kier alpha value is -3.03. The van der Waals surface area contributed by atoms with Gasteiger partial charge in [0.15, 0.2) is 5.09 Å². The molecule has 7 heteroatoms. The zero-order valence-electron chi connectivity index (χ0n) is 18.3. The monoisotopic (exact) mass is 476 g/mol. The highest BCUT2D eigenvalue weighted by molar-refractivity contribution is 7.99. The molecule has 3 heterocycles. The van der Waals surface area contributed by atoms with Crippen LogP contribution in [0.15, 0.2) is 78.6 Å². The van der Waals surface area contributed by atoms with Crippen molar-refractivity contribution in [3.8, 4) is 0 Å². The lowest BCUT2D eigenvalue weighted by Gasteiger charge is -2.12. The van der Waals surface area contributed by atoms with Gasteiger partial charge in [-0.15, -0.1) is 11.3 Å². The van der Waals surface area contributed by atoms with Crippen LogP contribution in [-0.4, -0.2) is 12.1 Å². The number of nitrogens with one attached hydrogen (secondary N) is 1. The minimum atomic E-state index is -0.104. The number of thiophene rings is 1. The molecule has 5 nitrogen and oxygen atoms in total. The fourth-order valence-corrected chi connectivity index (χ4v) is 5.86. The molecule has 0 atom stereocenters. The lowest BCUT2D eigenvalue weighted by molar-refractivity contribution is 0.0948. The Morgan fingerprint density at radius 2 is 2.00 bits per heavy atom. The summed E-state index contributed by atoms with van der Waals surface area (Å²) in [6.45, 7) is 2.43. The number of fused-ring (bicyclic) bond motifs is 1. The molecule has 4 aromatic rings. The Morgan fingerprint density at radius 3 is 2.82 bits per heavy atom. The van der Waals surface area contributed by atoms with Crippen molar-refractivity contribution in [2.45, 2.75) is 49.1 Å². The topological polar surface area (TPSA) is 67.7 Å². The summed E-state index contributed by atoms with van der Waals surface area (Å²) in [6, 6.07) is 15.9. The minimum Gasteiger partial charge on any atom is -0.467 e. The maximum absolute atomic E-state index is 13.1. The first-order chi connectivity index (χ1) is 16.2. The van der Waals surface area contributed by atoms with E-state index in [1.54, 1.807) is 35.6 Å². The molecule has 33 heavy (non-hydrogen) atoms. The molecule has 0 fully saturated rings. The average Bonchev–Trinajstić information content (AvgIpc) is 3.57. The van der Waals surface area contributed by atoms with Gasteiger partial charge in [-0.25, -0.2) is 4.99 Å². The number of rotatable bonds is 7. The number of hydrogen-bond acceptors (Lipinski definition) is 6. The van der Waals surface area contributed by atoms with E-state index in [0.29, 0.717) is 17.9 Å². The maximum atomic E-state index is 13.1. The van der Waals surface area contributed by atoms with E-state index in [1.807, 2.05) is 24.3 Å². The first-order valence-corrected chi connectivity index (χ1v) is 12.6. The summed E-state index contributed by atoms with van der Waals surface area (Å²) in [4.78, 5) is 20.2. The lowest BCUT2D eigenvalue weighted by Crippen LogP contribution is -2.23. The molecule has 0 spiro atoms. The van der Waals surface area contributed by atoms with E-state index in [2.05, 4.69) is 41.5 Å². The van der Waals surface area contributed by atoms with Gasteiger partial charge in [0.2, 0.25) is 0 Å². The van der Waals surface area contributed by atoms with Crippen LogP contribution in [0.25, 0.3) is 0 Å². The van der Waals surface area contributed by atoms with Gasteiger partial charge in [0, 0.05) is 9.77 Å². The van der Waals surface area contributed by atoms with E-state index in [9.17, 15) is 4.79 Å². The molecule has 0 saturated carbocycles. The molecule has 1 amide bonds. The van der Waals surface area contributed by atoms with Crippen molar-refractivity contribution < 1.29 is 13.6 Å². The summed E-state index contributed by atoms with van der Waals surface area (Å²) in [5.74, 6) is 1.29. The van der Waals surface area contributed by atoms with Crippen LogP contribution in [-0.2, 0) is 19.4 Å². The van der Waals surface area contributed by atoms with Crippen molar-refractivity contribution in [2.75, 3.05) is 0 Å². The number of hydrogen-bond donors (Lipinski definition) is 1. The van der Waals surface area contributed by atoms with E-state index in [-0.39, 0.29) is 5.91 Å². The van der Waals surface area contributed by atoms with Crippen LogP contribution in [0, 0.1) is 6.92 Å². The summed E-state index contributed by atoms with van der Waals surface area (Å²) >= 11 is 3.19. The highest BCUT2D eigenvalue weighted by atomic mass is 32.2. The summed E-state index contributed by atoms with van der Waals surface area (Å²) in [5, 5.41) is 4.53. The highest BCUT2D eigenvalue weighted by Crippen LogP contribution is 2.40. The Labute approximate surface area is 200 Å². The SMILES string of the molecule is Cc1ccc(Sc2ccc(C=Nc3sc4c(c3C(=O)NCc3ccco3)CCCC4)o2)cc1. The first-order valence-electron chi connectivity index (χ1n) is 11.0. The van der Waals surface area contributed by atoms with Crippen molar-refractivity contribution >= 4 is 40.2 Å². The van der Waals surface area contributed by atoms with Crippen LogP contribution in [0.1, 0.15) is 50.7 Å². The molecule has 1 aliphatic carbocycles. The van der Waals surface area contributed by atoms with E-state index >= 15 is 0 Å². The van der Waals surface area contributed by atoms with Crippen molar-refractivity contribution in [3.05, 3.63) is 87.9 Å². The van der Waals surface area contributed by atoms with Gasteiger partial charge in [0.25, 0.3) is 5.91 Å². The molecule has 0 radical (unpaired) electrons. The molecule has 0 unspecified atom stereocenters. The summed E-state index contributed by atoms with van der Waals surface area (Å²) in [6.07, 6.45) is 7.50. The Morgan fingerprint density at radius 1 is 1.15 bits per heavy atom. The van der Waals surface area contributed by atoms with Gasteiger partial charge in [-0.1, -0.05) is 29.5 Å². The van der Waals surface area contributed by atoms with E-state index in [1.165, 1.54) is 10.4 Å². The number of amides is 1. The number of carbonyl (C=O) groups is 1. The fourth-order valence-electron chi connectivity index (χ4n) is 3.85. The Balaban J connectivity index is 1.34. The fraction of sp³-hybridized carbons (Fsp3) is 0.231. The van der Waals surface area contributed by atoms with E-state index in [0.717, 1.165) is 52.0 Å². The Bertz CT molecular complexity index is 1270. The van der Waals surface area contributed by atoms with Crippen LogP contribution in [0.3, 0.4) is 0 Å². The van der Waals surface area contributed by atoms with Crippen molar-refractivity contribution in [3.63, 3.8) is 0 Å². The van der Waals surface area contributed by atoms with Crippen LogP contribution in [0.5, 0.6) is 0 Å². The number of aliphatic imine (C=N–C) groups is 1. The molecule has 0 saturated heterocycles. The second-order valence-electron chi connectivity index (χ2n) is 7.98. The van der Waals surface area contributed by atoms with Crippen molar-refractivity contribution in [1.29, 1.82) is 0 Å². The van der Waals surface area contributed by atoms with Gasteiger partial charge < -0.3 is 14.2 Å². The summed E-state index contributed by atoms with van der Waals surface area (Å²) < 4.78 is 11.3. The summed E-state index contributed by atoms with van der Waals surface area (Å²) in [5.41, 5.74) is 3.07. The maximum Gasteiger partial charge on any atom is 0.255 e. The van der Waals surface area contributed by atoms with Gasteiger partial charge in [0.05, 0.1) is 24.6 Å². The van der Waals surface area contributed by atoms with Gasteiger partial charge >= 0.3 is 0 Å². The standard InChI is InChI=1S/C26H24N2O3S2/c1-17-8-11-20(12-9-17)32-23-13-10-19(31-23)16-28-26-24(21-6-2-3-7-22(21)33-26)25(29)27-15-18-5-4-14-30-18/h4-5,8-14,16H,2-3,6-7,15H2,1H3,(H,27,29). The lowest BCUT2D eigenvalue weighted by atomic mass is 9.95. The third-order valence-corrected chi connectivity index (χ3v) is 7.66. The number of furan rings is 2. The average molecular weight is 477 g/mol. The number of nitrogens with zero attached hydrogens (tertiary/aromatic N) is 1. The second-order valence-corrected chi connectivity index (χ2v) is 10.1. The predicted octanol–water partition coefficient (Wildman–Crippen LogP) is 6.95. The van der Waals surface area contributed by atoms with Gasteiger partial charge in [-0.05, 0) is 74.6 Å². The summed E-state index contributed by atoms with van der Waals surface area (Å²) in [7, 11) is 0. The number of carbonyl (C=O) groups excluding carboxylic acids is 1. The van der Waals surface area contributed by atoms with E-state index in [4.69, 9.17) is 8.83 Å². The van der Waals surface area contributed by atoms with Gasteiger partial charge in [-0.2, -0.15) is 0 Å². The normalized spacial score (nSPS) is 13.4. The zero-order chi connectivity index (χ0) is 22.6. The quantitative estimate of drug-likeness (QED) is 0.293. The molecular weight excluding hydrogens is 452 g/mol. The third kappa shape index (κ3) is 5.15. The zero-order valence-corrected chi connectivity index (χ0v) is 19.9. The molecule has 1 aliphatic rings. The molecule has 0 bridgehead atoms. The van der Waals surface area contributed by atoms with E-state index < -0.39 is 0 Å². The molecular formula is C26H24N2O3S2. The molecule has 0 aliphatic heterocycles. The second kappa shape index (κ2) is 9.85.